The van der Waals surface area contributed by atoms with E-state index in [2.05, 4.69) is 5.10 Å². The number of benzene rings is 1. The lowest BCUT2D eigenvalue weighted by atomic mass is 10.2. The van der Waals surface area contributed by atoms with Crippen LogP contribution in [0.2, 0.25) is 5.02 Å². The number of hydrogen-bond donors (Lipinski definition) is 1. The van der Waals surface area contributed by atoms with Crippen molar-refractivity contribution in [3.8, 4) is 5.75 Å². The van der Waals surface area contributed by atoms with Crippen LogP contribution in [0.3, 0.4) is 0 Å². The van der Waals surface area contributed by atoms with Crippen LogP contribution in [0.5, 0.6) is 5.75 Å². The van der Waals surface area contributed by atoms with Gasteiger partial charge in [0.1, 0.15) is 11.2 Å². The number of aromatic hydroxyl groups is 1. The van der Waals surface area contributed by atoms with Crippen molar-refractivity contribution in [2.45, 2.75) is 13.1 Å². The Bertz CT molecular complexity index is 1390. The second-order valence-corrected chi connectivity index (χ2v) is 8.67. The van der Waals surface area contributed by atoms with Crippen molar-refractivity contribution in [3.05, 3.63) is 56.3 Å². The van der Waals surface area contributed by atoms with Gasteiger partial charge in [-0.05, 0) is 17.7 Å². The number of likely N-dealkylation sites (N-methyl/N-ethyl adjacent to an activating group) is 1. The highest BCUT2D eigenvalue weighted by atomic mass is 35.5. The molecule has 0 bridgehead atoms. The summed E-state index contributed by atoms with van der Waals surface area (Å²) in [6.07, 6.45) is 0. The number of morpholine rings is 1. The van der Waals surface area contributed by atoms with Gasteiger partial charge < -0.3 is 24.2 Å². The first-order valence-corrected chi connectivity index (χ1v) is 11.1. The van der Waals surface area contributed by atoms with E-state index in [0.717, 1.165) is 4.68 Å². The molecule has 0 saturated carbocycles. The van der Waals surface area contributed by atoms with Crippen LogP contribution in [0.1, 0.15) is 26.5 Å². The van der Waals surface area contributed by atoms with Crippen LogP contribution in [0.4, 0.5) is 4.39 Å². The molecule has 2 aromatic heterocycles. The Hall–Kier alpha value is -3.44. The number of fused-ring (bicyclic) bond motifs is 3. The fraction of sp³-hybridized carbons (Fsp3) is 0.364. The highest BCUT2D eigenvalue weighted by Gasteiger charge is 2.35. The number of ether oxygens (including phenoxy) is 1. The number of carbonyl (C=O) groups excluding carboxylic acids is 2. The molecular formula is C22H21ClFN5O5. The summed E-state index contributed by atoms with van der Waals surface area (Å²) in [7, 11) is 1.59. The monoisotopic (exact) mass is 489 g/mol. The SMILES string of the molecule is CN1CCn2c(c(O)c3c(=O)n(Cc4ccc(F)c(Cl)c4)nc(C(=O)N4CCOCC4)c32)C1=O. The number of aromatic nitrogens is 3. The lowest BCUT2D eigenvalue weighted by molar-refractivity contribution is 0.0298. The van der Waals surface area contributed by atoms with E-state index in [9.17, 15) is 23.9 Å². The maximum Gasteiger partial charge on any atom is 0.280 e. The summed E-state index contributed by atoms with van der Waals surface area (Å²) in [6, 6.07) is 3.98. The van der Waals surface area contributed by atoms with E-state index in [1.165, 1.54) is 27.7 Å². The lowest BCUT2D eigenvalue weighted by Gasteiger charge is -2.28. The highest BCUT2D eigenvalue weighted by Crippen LogP contribution is 2.34. The van der Waals surface area contributed by atoms with Crippen LogP contribution < -0.4 is 5.56 Å². The zero-order chi connectivity index (χ0) is 24.1. The average molecular weight is 490 g/mol. The Balaban J connectivity index is 1.74. The summed E-state index contributed by atoms with van der Waals surface area (Å²) in [5, 5.41) is 15.1. The van der Waals surface area contributed by atoms with Gasteiger partial charge in [-0.2, -0.15) is 5.10 Å². The molecule has 0 aliphatic carbocycles. The predicted octanol–water partition coefficient (Wildman–Crippen LogP) is 1.30. The second-order valence-electron chi connectivity index (χ2n) is 8.26. The van der Waals surface area contributed by atoms with E-state index < -0.39 is 28.9 Å². The molecule has 10 nitrogen and oxygen atoms in total. The summed E-state index contributed by atoms with van der Waals surface area (Å²) < 4.78 is 21.5. The van der Waals surface area contributed by atoms with Crippen molar-refractivity contribution in [2.75, 3.05) is 39.9 Å². The minimum Gasteiger partial charge on any atom is -0.505 e. The number of amides is 2. The summed E-state index contributed by atoms with van der Waals surface area (Å²) in [5.74, 6) is -1.99. The standard InChI is InChI=1S/C22H21ClFN5O5/c1-26-4-5-28-17-15(19(30)18(28)22(26)33)20(31)29(11-12-2-3-14(24)13(23)10-12)25-16(17)21(32)27-6-8-34-9-7-27/h2-3,10,30H,4-9,11H2,1H3. The number of halogens is 2. The molecule has 2 aliphatic rings. The Morgan fingerprint density at radius 2 is 1.94 bits per heavy atom. The molecular weight excluding hydrogens is 469 g/mol. The van der Waals surface area contributed by atoms with E-state index in [1.807, 2.05) is 0 Å². The Morgan fingerprint density at radius 3 is 2.65 bits per heavy atom. The molecule has 2 amide bonds. The molecule has 1 saturated heterocycles. The van der Waals surface area contributed by atoms with Gasteiger partial charge >= 0.3 is 0 Å². The molecule has 0 spiro atoms. The van der Waals surface area contributed by atoms with Crippen LogP contribution >= 0.6 is 11.6 Å². The zero-order valence-electron chi connectivity index (χ0n) is 18.3. The largest absolute Gasteiger partial charge is 0.505 e. The molecule has 178 valence electrons. The topological polar surface area (TPSA) is 110 Å². The van der Waals surface area contributed by atoms with E-state index >= 15 is 0 Å². The number of hydrogen-bond acceptors (Lipinski definition) is 6. The fourth-order valence-electron chi connectivity index (χ4n) is 4.35. The third-order valence-corrected chi connectivity index (χ3v) is 6.45. The summed E-state index contributed by atoms with van der Waals surface area (Å²) in [4.78, 5) is 42.7. The smallest absolute Gasteiger partial charge is 0.280 e. The highest BCUT2D eigenvalue weighted by molar-refractivity contribution is 6.30. The summed E-state index contributed by atoms with van der Waals surface area (Å²) in [5.41, 5.74) is -0.179. The zero-order valence-corrected chi connectivity index (χ0v) is 19.0. The van der Waals surface area contributed by atoms with Gasteiger partial charge in [-0.3, -0.25) is 14.4 Å². The summed E-state index contributed by atoms with van der Waals surface area (Å²) in [6.45, 7) is 1.93. The average Bonchev–Trinajstić information content (AvgIpc) is 3.14. The van der Waals surface area contributed by atoms with Crippen LogP contribution in [-0.2, 0) is 17.8 Å². The van der Waals surface area contributed by atoms with Gasteiger partial charge in [0.25, 0.3) is 17.4 Å². The molecule has 1 N–H and O–H groups in total. The van der Waals surface area contributed by atoms with Crippen LogP contribution in [0.15, 0.2) is 23.0 Å². The van der Waals surface area contributed by atoms with Crippen molar-refractivity contribution in [2.24, 2.45) is 0 Å². The second kappa shape index (κ2) is 8.41. The first-order valence-electron chi connectivity index (χ1n) is 10.7. The Morgan fingerprint density at radius 1 is 1.21 bits per heavy atom. The maximum absolute atomic E-state index is 13.6. The Labute approximate surface area is 197 Å². The number of rotatable bonds is 3. The predicted molar refractivity (Wildman–Crippen MR) is 120 cm³/mol. The van der Waals surface area contributed by atoms with Crippen LogP contribution in [-0.4, -0.2) is 81.0 Å². The van der Waals surface area contributed by atoms with Crippen molar-refractivity contribution in [1.29, 1.82) is 0 Å². The minimum atomic E-state index is -0.677. The minimum absolute atomic E-state index is 0.0522. The third-order valence-electron chi connectivity index (χ3n) is 6.16. The van der Waals surface area contributed by atoms with Crippen molar-refractivity contribution in [1.82, 2.24) is 24.1 Å². The molecule has 1 aromatic carbocycles. The maximum atomic E-state index is 13.6. The van der Waals surface area contributed by atoms with Gasteiger partial charge in [-0.25, -0.2) is 9.07 Å². The van der Waals surface area contributed by atoms with Crippen molar-refractivity contribution in [3.63, 3.8) is 0 Å². The molecule has 0 radical (unpaired) electrons. The molecule has 12 heteroatoms. The lowest BCUT2D eigenvalue weighted by Crippen LogP contribution is -2.42. The molecule has 34 heavy (non-hydrogen) atoms. The van der Waals surface area contributed by atoms with E-state index in [-0.39, 0.29) is 40.4 Å². The third kappa shape index (κ3) is 3.51. The summed E-state index contributed by atoms with van der Waals surface area (Å²) >= 11 is 5.88. The number of nitrogens with zero attached hydrogens (tertiary/aromatic N) is 5. The first kappa shape index (κ1) is 22.4. The van der Waals surface area contributed by atoms with E-state index in [4.69, 9.17) is 16.3 Å². The first-order chi connectivity index (χ1) is 16.3. The van der Waals surface area contributed by atoms with Gasteiger partial charge in [-0.15, -0.1) is 0 Å². The molecule has 2 aliphatic heterocycles. The van der Waals surface area contributed by atoms with Gasteiger partial charge in [0.2, 0.25) is 0 Å². The Kier molecular flexibility index (Phi) is 5.53. The van der Waals surface area contributed by atoms with Gasteiger partial charge in [0, 0.05) is 33.2 Å². The van der Waals surface area contributed by atoms with E-state index in [0.29, 0.717) is 38.4 Å². The molecule has 3 aromatic rings. The molecule has 0 atom stereocenters. The molecule has 5 rings (SSSR count). The van der Waals surface area contributed by atoms with Gasteiger partial charge in [0.05, 0.1) is 30.3 Å². The van der Waals surface area contributed by atoms with Crippen molar-refractivity contribution < 1.29 is 23.8 Å². The fourth-order valence-corrected chi connectivity index (χ4v) is 4.55. The molecule has 1 fully saturated rings. The molecule has 0 unspecified atom stereocenters. The van der Waals surface area contributed by atoms with Crippen LogP contribution in [0, 0.1) is 5.82 Å². The van der Waals surface area contributed by atoms with Gasteiger partial charge in [0.15, 0.2) is 17.1 Å². The quantitative estimate of drug-likeness (QED) is 0.594. The van der Waals surface area contributed by atoms with Crippen LogP contribution in [0.25, 0.3) is 10.9 Å². The normalized spacial score (nSPS) is 16.3. The molecule has 4 heterocycles. The van der Waals surface area contributed by atoms with Crippen molar-refractivity contribution >= 4 is 34.3 Å². The number of carbonyl (C=O) groups is 2. The van der Waals surface area contributed by atoms with Gasteiger partial charge in [-0.1, -0.05) is 17.7 Å². The van der Waals surface area contributed by atoms with E-state index in [1.54, 1.807) is 11.9 Å².